The van der Waals surface area contributed by atoms with Crippen molar-refractivity contribution in [3.63, 3.8) is 0 Å². The molecule has 1 nitrogen and oxygen atoms in total. The average molecular weight is 344 g/mol. The molecule has 0 spiro atoms. The monoisotopic (exact) mass is 342 g/mol. The molecule has 0 aromatic heterocycles. The molecule has 0 saturated carbocycles. The second kappa shape index (κ2) is 6.00. The predicted molar refractivity (Wildman–Crippen MR) is 81.9 cm³/mol. The summed E-state index contributed by atoms with van der Waals surface area (Å²) in [7, 11) is 0. The molecule has 2 aromatic carbocycles. The largest absolute Gasteiger partial charge is 0.487 e. The molecule has 0 radical (unpaired) electrons. The number of benzene rings is 2. The molecule has 0 bridgehead atoms. The van der Waals surface area contributed by atoms with Gasteiger partial charge in [0.25, 0.3) is 0 Å². The third kappa shape index (κ3) is 3.44. The molecule has 0 N–H and O–H groups in total. The van der Waals surface area contributed by atoms with Crippen LogP contribution in [0, 0.1) is 6.92 Å². The van der Waals surface area contributed by atoms with Crippen LogP contribution in [-0.4, -0.2) is 0 Å². The Hall–Kier alpha value is -0.640. The molecular formula is C14H12BrClOS. The van der Waals surface area contributed by atoms with E-state index >= 15 is 0 Å². The molecule has 0 atom stereocenters. The molecule has 0 aliphatic rings. The summed E-state index contributed by atoms with van der Waals surface area (Å²) >= 11 is 13.7. The van der Waals surface area contributed by atoms with Gasteiger partial charge in [-0.15, -0.1) is 12.6 Å². The normalized spacial score (nSPS) is 10.4. The van der Waals surface area contributed by atoms with E-state index in [1.807, 2.05) is 43.3 Å². The van der Waals surface area contributed by atoms with E-state index in [1.54, 1.807) is 0 Å². The fourth-order valence-electron chi connectivity index (χ4n) is 1.59. The van der Waals surface area contributed by atoms with Gasteiger partial charge < -0.3 is 4.74 Å². The van der Waals surface area contributed by atoms with Crippen LogP contribution >= 0.6 is 40.2 Å². The number of hydrogen-bond donors (Lipinski definition) is 1. The molecule has 2 rings (SSSR count). The van der Waals surface area contributed by atoms with E-state index in [2.05, 4.69) is 28.6 Å². The van der Waals surface area contributed by atoms with Gasteiger partial charge in [0, 0.05) is 9.92 Å². The molecule has 18 heavy (non-hydrogen) atoms. The van der Waals surface area contributed by atoms with Crippen LogP contribution in [0.2, 0.25) is 5.02 Å². The van der Waals surface area contributed by atoms with Crippen molar-refractivity contribution in [1.29, 1.82) is 0 Å². The number of aryl methyl sites for hydroxylation is 1. The summed E-state index contributed by atoms with van der Waals surface area (Å²) in [6.45, 7) is 2.51. The smallest absolute Gasteiger partial charge is 0.147 e. The van der Waals surface area contributed by atoms with Crippen molar-refractivity contribution in [2.75, 3.05) is 0 Å². The fourth-order valence-corrected chi connectivity index (χ4v) is 2.95. The van der Waals surface area contributed by atoms with E-state index < -0.39 is 0 Å². The minimum Gasteiger partial charge on any atom is -0.487 e. The van der Waals surface area contributed by atoms with Crippen LogP contribution in [0.15, 0.2) is 45.8 Å². The quantitative estimate of drug-likeness (QED) is 0.746. The molecule has 0 aliphatic heterocycles. The van der Waals surface area contributed by atoms with Crippen molar-refractivity contribution in [2.24, 2.45) is 0 Å². The zero-order chi connectivity index (χ0) is 13.1. The standard InChI is InChI=1S/C14H12BrClOS/c1-9-6-12(15)14(13(18)7-9)17-8-10-2-4-11(16)5-3-10/h2-7,18H,8H2,1H3. The SMILES string of the molecule is Cc1cc(S)c(OCc2ccc(Cl)cc2)c(Br)c1. The van der Waals surface area contributed by atoms with Gasteiger partial charge in [0.15, 0.2) is 0 Å². The average Bonchev–Trinajstić information content (AvgIpc) is 2.30. The molecule has 0 saturated heterocycles. The van der Waals surface area contributed by atoms with Crippen molar-refractivity contribution >= 4 is 40.2 Å². The lowest BCUT2D eigenvalue weighted by atomic mass is 10.2. The van der Waals surface area contributed by atoms with Crippen molar-refractivity contribution in [3.05, 3.63) is 57.0 Å². The highest BCUT2D eigenvalue weighted by Gasteiger charge is 2.07. The minimum absolute atomic E-state index is 0.492. The summed E-state index contributed by atoms with van der Waals surface area (Å²) in [6.07, 6.45) is 0. The van der Waals surface area contributed by atoms with Gasteiger partial charge in [-0.05, 0) is 58.2 Å². The van der Waals surface area contributed by atoms with E-state index in [4.69, 9.17) is 16.3 Å². The Morgan fingerprint density at radius 3 is 2.50 bits per heavy atom. The van der Waals surface area contributed by atoms with Gasteiger partial charge in [0.1, 0.15) is 12.4 Å². The van der Waals surface area contributed by atoms with Crippen LogP contribution < -0.4 is 4.74 Å². The van der Waals surface area contributed by atoms with Crippen LogP contribution in [0.3, 0.4) is 0 Å². The maximum absolute atomic E-state index is 5.84. The third-order valence-corrected chi connectivity index (χ3v) is 3.64. The lowest BCUT2D eigenvalue weighted by molar-refractivity contribution is 0.297. The van der Waals surface area contributed by atoms with Crippen molar-refractivity contribution in [2.45, 2.75) is 18.4 Å². The Morgan fingerprint density at radius 2 is 1.89 bits per heavy atom. The number of ether oxygens (including phenoxy) is 1. The van der Waals surface area contributed by atoms with Crippen LogP contribution in [-0.2, 0) is 6.61 Å². The number of hydrogen-bond acceptors (Lipinski definition) is 2. The van der Waals surface area contributed by atoms with Crippen LogP contribution in [0.1, 0.15) is 11.1 Å². The first-order valence-corrected chi connectivity index (χ1v) is 7.04. The van der Waals surface area contributed by atoms with Gasteiger partial charge in [-0.1, -0.05) is 23.7 Å². The molecular weight excluding hydrogens is 332 g/mol. The van der Waals surface area contributed by atoms with Crippen molar-refractivity contribution in [1.82, 2.24) is 0 Å². The zero-order valence-corrected chi connectivity index (χ0v) is 13.0. The first-order chi connectivity index (χ1) is 8.56. The summed E-state index contributed by atoms with van der Waals surface area (Å²) in [6, 6.07) is 11.6. The first kappa shape index (κ1) is 13.8. The van der Waals surface area contributed by atoms with Gasteiger partial charge in [0.2, 0.25) is 0 Å². The summed E-state index contributed by atoms with van der Waals surface area (Å²) in [4.78, 5) is 0.829. The number of thiol groups is 1. The molecule has 0 aliphatic carbocycles. The lowest BCUT2D eigenvalue weighted by Gasteiger charge is -2.11. The predicted octanol–water partition coefficient (Wildman–Crippen LogP) is 5.28. The highest BCUT2D eigenvalue weighted by molar-refractivity contribution is 9.10. The summed E-state index contributed by atoms with van der Waals surface area (Å²) < 4.78 is 6.70. The van der Waals surface area contributed by atoms with Crippen molar-refractivity contribution in [3.8, 4) is 5.75 Å². The fraction of sp³-hybridized carbons (Fsp3) is 0.143. The van der Waals surface area contributed by atoms with Gasteiger partial charge in [-0.3, -0.25) is 0 Å². The Morgan fingerprint density at radius 1 is 1.22 bits per heavy atom. The van der Waals surface area contributed by atoms with Gasteiger partial charge in [0.05, 0.1) is 4.47 Å². The lowest BCUT2D eigenvalue weighted by Crippen LogP contribution is -1.97. The molecule has 0 heterocycles. The highest BCUT2D eigenvalue weighted by Crippen LogP contribution is 2.33. The van der Waals surface area contributed by atoms with Crippen LogP contribution in [0.25, 0.3) is 0 Å². The van der Waals surface area contributed by atoms with Crippen LogP contribution in [0.4, 0.5) is 0 Å². The zero-order valence-electron chi connectivity index (χ0n) is 9.78. The molecule has 0 fully saturated rings. The molecule has 94 valence electrons. The molecule has 2 aromatic rings. The Labute approximate surface area is 126 Å². The Balaban J connectivity index is 2.13. The summed E-state index contributed by atoms with van der Waals surface area (Å²) in [5, 5.41) is 0.727. The Kier molecular flexibility index (Phi) is 4.60. The summed E-state index contributed by atoms with van der Waals surface area (Å²) in [5.74, 6) is 0.763. The van der Waals surface area contributed by atoms with Crippen LogP contribution in [0.5, 0.6) is 5.75 Å². The minimum atomic E-state index is 0.492. The molecule has 4 heteroatoms. The maximum atomic E-state index is 5.84. The van der Waals surface area contributed by atoms with Gasteiger partial charge >= 0.3 is 0 Å². The second-order valence-electron chi connectivity index (χ2n) is 4.01. The number of rotatable bonds is 3. The van der Waals surface area contributed by atoms with E-state index in [1.165, 1.54) is 0 Å². The molecule has 0 amide bonds. The summed E-state index contributed by atoms with van der Waals surface area (Å²) in [5.41, 5.74) is 2.21. The van der Waals surface area contributed by atoms with Gasteiger partial charge in [-0.2, -0.15) is 0 Å². The maximum Gasteiger partial charge on any atom is 0.147 e. The van der Waals surface area contributed by atoms with E-state index in [0.717, 1.165) is 31.3 Å². The van der Waals surface area contributed by atoms with Gasteiger partial charge in [-0.25, -0.2) is 0 Å². The van der Waals surface area contributed by atoms with Crippen molar-refractivity contribution < 1.29 is 4.74 Å². The highest BCUT2D eigenvalue weighted by atomic mass is 79.9. The van der Waals surface area contributed by atoms with E-state index in [0.29, 0.717) is 6.61 Å². The Bertz CT molecular complexity index is 531. The first-order valence-electron chi connectivity index (χ1n) is 5.42. The van der Waals surface area contributed by atoms with E-state index in [-0.39, 0.29) is 0 Å². The molecule has 0 unspecified atom stereocenters. The third-order valence-electron chi connectivity index (χ3n) is 2.46. The number of halogens is 2. The topological polar surface area (TPSA) is 9.23 Å². The van der Waals surface area contributed by atoms with E-state index in [9.17, 15) is 0 Å². The second-order valence-corrected chi connectivity index (χ2v) is 5.78.